The maximum atomic E-state index is 13.0. The minimum Gasteiger partial charge on any atom is -0.321 e. The first-order valence-corrected chi connectivity index (χ1v) is 9.41. The van der Waals surface area contributed by atoms with E-state index in [0.717, 1.165) is 12.1 Å². The number of anilines is 1. The highest BCUT2D eigenvalue weighted by molar-refractivity contribution is 7.89. The number of benzene rings is 2. The topological polar surface area (TPSA) is 88.2 Å². The lowest BCUT2D eigenvalue weighted by Crippen LogP contribution is -2.19. The standard InChI is InChI=1S/C18H14F3N3O3S/c1-22-28(26,27)13-4-2-3-11(9-13)17(25)24-16-7-8-23-15-6-5-12(10-14(15)16)18(19,20)21/h2-10,22H,1H3,(H,23,24,25). The molecule has 0 aliphatic carbocycles. The minimum atomic E-state index is -4.54. The van der Waals surface area contributed by atoms with Crippen molar-refractivity contribution >= 4 is 32.5 Å². The van der Waals surface area contributed by atoms with Crippen LogP contribution in [0.4, 0.5) is 18.9 Å². The third-order valence-corrected chi connectivity index (χ3v) is 5.40. The van der Waals surface area contributed by atoms with E-state index in [9.17, 15) is 26.4 Å². The maximum absolute atomic E-state index is 13.0. The lowest BCUT2D eigenvalue weighted by Gasteiger charge is -2.12. The molecule has 146 valence electrons. The van der Waals surface area contributed by atoms with Crippen molar-refractivity contribution in [3.8, 4) is 0 Å². The van der Waals surface area contributed by atoms with Crippen LogP contribution in [0.25, 0.3) is 10.9 Å². The molecule has 3 rings (SSSR count). The fourth-order valence-electron chi connectivity index (χ4n) is 2.55. The summed E-state index contributed by atoms with van der Waals surface area (Å²) >= 11 is 0. The zero-order valence-corrected chi connectivity index (χ0v) is 15.2. The monoisotopic (exact) mass is 409 g/mol. The summed E-state index contributed by atoms with van der Waals surface area (Å²) in [4.78, 5) is 16.4. The van der Waals surface area contributed by atoms with Gasteiger partial charge in [0.15, 0.2) is 0 Å². The molecule has 0 atom stereocenters. The van der Waals surface area contributed by atoms with Gasteiger partial charge in [-0.2, -0.15) is 13.2 Å². The number of pyridine rings is 1. The SMILES string of the molecule is CNS(=O)(=O)c1cccc(C(=O)Nc2ccnc3ccc(C(F)(F)F)cc23)c1. The first-order chi connectivity index (χ1) is 13.1. The van der Waals surface area contributed by atoms with E-state index in [1.165, 1.54) is 49.6 Å². The summed E-state index contributed by atoms with van der Waals surface area (Å²) in [5, 5.41) is 2.63. The molecule has 0 radical (unpaired) electrons. The normalized spacial score (nSPS) is 12.1. The summed E-state index contributed by atoms with van der Waals surface area (Å²) < 4.78 is 64.9. The number of rotatable bonds is 4. The van der Waals surface area contributed by atoms with Crippen LogP contribution in [0.1, 0.15) is 15.9 Å². The van der Waals surface area contributed by atoms with E-state index in [2.05, 4.69) is 15.0 Å². The highest BCUT2D eigenvalue weighted by Gasteiger charge is 2.30. The first kappa shape index (κ1) is 19.8. The molecule has 10 heteroatoms. The number of sulfonamides is 1. The van der Waals surface area contributed by atoms with E-state index in [1.807, 2.05) is 0 Å². The van der Waals surface area contributed by atoms with Crippen molar-refractivity contribution in [3.05, 3.63) is 65.9 Å². The van der Waals surface area contributed by atoms with Crippen LogP contribution in [-0.4, -0.2) is 26.4 Å². The van der Waals surface area contributed by atoms with Crippen LogP contribution >= 0.6 is 0 Å². The Bertz CT molecular complexity index is 1160. The van der Waals surface area contributed by atoms with Gasteiger partial charge in [-0.1, -0.05) is 6.07 Å². The van der Waals surface area contributed by atoms with Crippen LogP contribution < -0.4 is 10.0 Å². The van der Waals surface area contributed by atoms with Crippen LogP contribution in [0.3, 0.4) is 0 Å². The molecule has 28 heavy (non-hydrogen) atoms. The number of carbonyl (C=O) groups is 1. The summed E-state index contributed by atoms with van der Waals surface area (Å²) in [6.45, 7) is 0. The van der Waals surface area contributed by atoms with Crippen molar-refractivity contribution < 1.29 is 26.4 Å². The van der Waals surface area contributed by atoms with Crippen molar-refractivity contribution in [2.75, 3.05) is 12.4 Å². The first-order valence-electron chi connectivity index (χ1n) is 7.93. The second kappa shape index (κ2) is 7.21. The molecular formula is C18H14F3N3O3S. The van der Waals surface area contributed by atoms with E-state index in [1.54, 1.807) is 0 Å². The number of alkyl halides is 3. The molecule has 0 saturated heterocycles. The molecule has 1 aromatic heterocycles. The highest BCUT2D eigenvalue weighted by atomic mass is 32.2. The lowest BCUT2D eigenvalue weighted by molar-refractivity contribution is -0.137. The molecule has 1 amide bonds. The van der Waals surface area contributed by atoms with Crippen LogP contribution in [0.2, 0.25) is 0 Å². The minimum absolute atomic E-state index is 0.0354. The molecule has 0 spiro atoms. The predicted molar refractivity (Wildman–Crippen MR) is 97.4 cm³/mol. The summed E-state index contributed by atoms with van der Waals surface area (Å²) in [6.07, 6.45) is -3.19. The van der Waals surface area contributed by atoms with Crippen molar-refractivity contribution in [2.24, 2.45) is 0 Å². The van der Waals surface area contributed by atoms with E-state index in [-0.39, 0.29) is 27.0 Å². The molecule has 0 fully saturated rings. The molecule has 2 N–H and O–H groups in total. The Kier molecular flexibility index (Phi) is 5.09. The van der Waals surface area contributed by atoms with Crippen LogP contribution in [-0.2, 0) is 16.2 Å². The Morgan fingerprint density at radius 2 is 1.82 bits per heavy atom. The number of fused-ring (bicyclic) bond motifs is 1. The largest absolute Gasteiger partial charge is 0.416 e. The molecular weight excluding hydrogens is 395 g/mol. The van der Waals surface area contributed by atoms with E-state index in [0.29, 0.717) is 0 Å². The Hall–Kier alpha value is -2.98. The van der Waals surface area contributed by atoms with Gasteiger partial charge in [0.2, 0.25) is 10.0 Å². The van der Waals surface area contributed by atoms with Gasteiger partial charge in [0.1, 0.15) is 0 Å². The number of carbonyl (C=O) groups excluding carboxylic acids is 1. The number of amides is 1. The molecule has 0 unspecified atom stereocenters. The van der Waals surface area contributed by atoms with Gasteiger partial charge in [-0.25, -0.2) is 13.1 Å². The Labute approximate surface area is 158 Å². The van der Waals surface area contributed by atoms with Crippen molar-refractivity contribution in [2.45, 2.75) is 11.1 Å². The van der Waals surface area contributed by atoms with Crippen molar-refractivity contribution in [1.82, 2.24) is 9.71 Å². The van der Waals surface area contributed by atoms with Crippen LogP contribution in [0, 0.1) is 0 Å². The Morgan fingerprint density at radius 1 is 1.07 bits per heavy atom. The number of nitrogens with zero attached hydrogens (tertiary/aromatic N) is 1. The average molecular weight is 409 g/mol. The van der Waals surface area contributed by atoms with Crippen LogP contribution in [0.5, 0.6) is 0 Å². The molecule has 0 bridgehead atoms. The molecule has 0 aliphatic heterocycles. The fraction of sp³-hybridized carbons (Fsp3) is 0.111. The number of aromatic nitrogens is 1. The number of nitrogens with one attached hydrogen (secondary N) is 2. The van der Waals surface area contributed by atoms with E-state index < -0.39 is 27.7 Å². The molecule has 6 nitrogen and oxygen atoms in total. The smallest absolute Gasteiger partial charge is 0.321 e. The molecule has 3 aromatic rings. The third-order valence-electron chi connectivity index (χ3n) is 3.99. The van der Waals surface area contributed by atoms with Crippen LogP contribution in [0.15, 0.2) is 59.6 Å². The second-order valence-electron chi connectivity index (χ2n) is 5.78. The maximum Gasteiger partial charge on any atom is 0.416 e. The molecule has 2 aromatic carbocycles. The van der Waals surface area contributed by atoms with E-state index in [4.69, 9.17) is 0 Å². The molecule has 0 saturated carbocycles. The highest BCUT2D eigenvalue weighted by Crippen LogP contribution is 2.33. The number of hydrogen-bond acceptors (Lipinski definition) is 4. The van der Waals surface area contributed by atoms with Gasteiger partial charge >= 0.3 is 6.18 Å². The summed E-state index contributed by atoms with van der Waals surface area (Å²) in [7, 11) is -2.51. The zero-order valence-electron chi connectivity index (χ0n) is 14.4. The van der Waals surface area contributed by atoms with Gasteiger partial charge in [0.25, 0.3) is 5.91 Å². The van der Waals surface area contributed by atoms with Gasteiger partial charge < -0.3 is 5.32 Å². The van der Waals surface area contributed by atoms with Crippen molar-refractivity contribution in [1.29, 1.82) is 0 Å². The molecule has 0 aliphatic rings. The predicted octanol–water partition coefficient (Wildman–Crippen LogP) is 3.41. The second-order valence-corrected chi connectivity index (χ2v) is 7.66. The summed E-state index contributed by atoms with van der Waals surface area (Å²) in [5.41, 5.74) is -0.431. The Balaban J connectivity index is 1.99. The zero-order chi connectivity index (χ0) is 20.5. The lowest BCUT2D eigenvalue weighted by atomic mass is 10.1. The third kappa shape index (κ3) is 3.97. The fourth-order valence-corrected chi connectivity index (χ4v) is 3.32. The Morgan fingerprint density at radius 3 is 2.50 bits per heavy atom. The summed E-state index contributed by atoms with van der Waals surface area (Å²) in [6, 6.07) is 9.68. The van der Waals surface area contributed by atoms with Crippen molar-refractivity contribution in [3.63, 3.8) is 0 Å². The molecule has 1 heterocycles. The van der Waals surface area contributed by atoms with Gasteiger partial charge in [-0.15, -0.1) is 0 Å². The van der Waals surface area contributed by atoms with Gasteiger partial charge in [-0.05, 0) is 49.5 Å². The quantitative estimate of drug-likeness (QED) is 0.691. The van der Waals surface area contributed by atoms with Gasteiger partial charge in [0, 0.05) is 17.1 Å². The van der Waals surface area contributed by atoms with E-state index >= 15 is 0 Å². The number of hydrogen-bond donors (Lipinski definition) is 2. The van der Waals surface area contributed by atoms with Gasteiger partial charge in [-0.3, -0.25) is 9.78 Å². The number of halogens is 3. The average Bonchev–Trinajstić information content (AvgIpc) is 2.67. The van der Waals surface area contributed by atoms with Gasteiger partial charge in [0.05, 0.1) is 21.7 Å². The summed E-state index contributed by atoms with van der Waals surface area (Å²) in [5.74, 6) is -0.668.